The Bertz CT molecular complexity index is 400. The first-order valence-electron chi connectivity index (χ1n) is 8.11. The van der Waals surface area contributed by atoms with Gasteiger partial charge >= 0.3 is 0 Å². The predicted molar refractivity (Wildman–Crippen MR) is 82.4 cm³/mol. The standard InChI is InChI=1S/C18H30O2/c1-13-6-9-16-17(3,12-19)10-5-11-18(16,4)15(13)8-7-14(2)20/h15-16,19H,1,5-12H2,2-4H3. The molecule has 0 aliphatic heterocycles. The highest BCUT2D eigenvalue weighted by Gasteiger charge is 2.53. The fourth-order valence-corrected chi connectivity index (χ4v) is 5.15. The van der Waals surface area contributed by atoms with Gasteiger partial charge in [-0.15, -0.1) is 0 Å². The van der Waals surface area contributed by atoms with E-state index in [2.05, 4.69) is 20.4 Å². The van der Waals surface area contributed by atoms with Crippen molar-refractivity contribution in [2.45, 2.75) is 65.7 Å². The minimum absolute atomic E-state index is 0.0577. The zero-order valence-electron chi connectivity index (χ0n) is 13.4. The Kier molecular flexibility index (Phi) is 4.44. The Balaban J connectivity index is 2.27. The molecule has 2 aliphatic rings. The number of aliphatic hydroxyl groups is 1. The second-order valence-corrected chi connectivity index (χ2v) is 7.71. The minimum Gasteiger partial charge on any atom is -0.396 e. The van der Waals surface area contributed by atoms with Gasteiger partial charge in [0, 0.05) is 13.0 Å². The van der Waals surface area contributed by atoms with Crippen molar-refractivity contribution in [3.8, 4) is 0 Å². The summed E-state index contributed by atoms with van der Waals surface area (Å²) in [5, 5.41) is 9.90. The van der Waals surface area contributed by atoms with E-state index >= 15 is 0 Å². The third-order valence-electron chi connectivity index (χ3n) is 6.29. The molecule has 2 rings (SSSR count). The van der Waals surface area contributed by atoms with Crippen LogP contribution in [0, 0.1) is 22.7 Å². The molecule has 2 nitrogen and oxygen atoms in total. The third kappa shape index (κ3) is 2.59. The van der Waals surface area contributed by atoms with Crippen molar-refractivity contribution in [3.63, 3.8) is 0 Å². The van der Waals surface area contributed by atoms with Crippen molar-refractivity contribution in [1.82, 2.24) is 0 Å². The number of rotatable bonds is 4. The summed E-state index contributed by atoms with van der Waals surface area (Å²) in [4.78, 5) is 11.4. The molecule has 0 aromatic heterocycles. The van der Waals surface area contributed by atoms with Gasteiger partial charge < -0.3 is 9.90 Å². The molecule has 0 amide bonds. The fourth-order valence-electron chi connectivity index (χ4n) is 5.15. The van der Waals surface area contributed by atoms with Crippen LogP contribution in [-0.2, 0) is 4.79 Å². The van der Waals surface area contributed by atoms with Gasteiger partial charge in [-0.3, -0.25) is 0 Å². The van der Waals surface area contributed by atoms with Crippen LogP contribution in [0.4, 0.5) is 0 Å². The van der Waals surface area contributed by atoms with Crippen LogP contribution < -0.4 is 0 Å². The Morgan fingerprint density at radius 2 is 2.10 bits per heavy atom. The summed E-state index contributed by atoms with van der Waals surface area (Å²) < 4.78 is 0. The second-order valence-electron chi connectivity index (χ2n) is 7.71. The Morgan fingerprint density at radius 3 is 2.70 bits per heavy atom. The summed E-state index contributed by atoms with van der Waals surface area (Å²) >= 11 is 0. The van der Waals surface area contributed by atoms with Crippen LogP contribution in [0.5, 0.6) is 0 Å². The third-order valence-corrected chi connectivity index (χ3v) is 6.29. The first-order chi connectivity index (χ1) is 9.33. The number of hydrogen-bond donors (Lipinski definition) is 1. The molecule has 0 aromatic carbocycles. The lowest BCUT2D eigenvalue weighted by Gasteiger charge is -2.58. The van der Waals surface area contributed by atoms with Crippen LogP contribution in [0.3, 0.4) is 0 Å². The van der Waals surface area contributed by atoms with Gasteiger partial charge in [0.2, 0.25) is 0 Å². The molecule has 114 valence electrons. The van der Waals surface area contributed by atoms with Gasteiger partial charge in [0.05, 0.1) is 0 Å². The first-order valence-corrected chi connectivity index (χ1v) is 8.11. The van der Waals surface area contributed by atoms with Gasteiger partial charge in [0.25, 0.3) is 0 Å². The van der Waals surface area contributed by atoms with E-state index in [1.165, 1.54) is 18.4 Å². The first kappa shape index (κ1) is 15.8. The maximum absolute atomic E-state index is 11.4. The second kappa shape index (κ2) is 5.63. The Hall–Kier alpha value is -0.630. The van der Waals surface area contributed by atoms with E-state index in [0.29, 0.717) is 24.9 Å². The quantitative estimate of drug-likeness (QED) is 0.785. The summed E-state index contributed by atoms with van der Waals surface area (Å²) in [7, 11) is 0. The zero-order chi connectivity index (χ0) is 15.0. The summed E-state index contributed by atoms with van der Waals surface area (Å²) in [6.07, 6.45) is 7.38. The van der Waals surface area contributed by atoms with Crippen molar-refractivity contribution in [2.75, 3.05) is 6.61 Å². The fraction of sp³-hybridized carbons (Fsp3) is 0.833. The van der Waals surface area contributed by atoms with Gasteiger partial charge in [-0.25, -0.2) is 0 Å². The van der Waals surface area contributed by atoms with Crippen LogP contribution >= 0.6 is 0 Å². The monoisotopic (exact) mass is 278 g/mol. The lowest BCUT2D eigenvalue weighted by atomic mass is 9.47. The van der Waals surface area contributed by atoms with Gasteiger partial charge in [-0.1, -0.05) is 32.4 Å². The predicted octanol–water partition coefficient (Wildman–Crippen LogP) is 4.13. The number of aliphatic hydroxyl groups excluding tert-OH is 1. The molecule has 20 heavy (non-hydrogen) atoms. The van der Waals surface area contributed by atoms with E-state index in [4.69, 9.17) is 0 Å². The largest absolute Gasteiger partial charge is 0.396 e. The molecule has 1 N–H and O–H groups in total. The molecule has 0 radical (unpaired) electrons. The Morgan fingerprint density at radius 1 is 1.40 bits per heavy atom. The number of allylic oxidation sites excluding steroid dienone is 1. The maximum Gasteiger partial charge on any atom is 0.129 e. The van der Waals surface area contributed by atoms with Crippen molar-refractivity contribution in [2.24, 2.45) is 22.7 Å². The van der Waals surface area contributed by atoms with E-state index in [1.54, 1.807) is 6.92 Å². The molecule has 2 saturated carbocycles. The van der Waals surface area contributed by atoms with E-state index in [9.17, 15) is 9.90 Å². The molecule has 0 saturated heterocycles. The molecule has 4 atom stereocenters. The van der Waals surface area contributed by atoms with E-state index in [1.807, 2.05) is 0 Å². The minimum atomic E-state index is 0.0577. The maximum atomic E-state index is 11.4. The van der Waals surface area contributed by atoms with Gasteiger partial charge in [-0.05, 0) is 61.7 Å². The molecule has 0 bridgehead atoms. The molecular weight excluding hydrogens is 248 g/mol. The summed E-state index contributed by atoms with van der Waals surface area (Å²) in [6, 6.07) is 0. The van der Waals surface area contributed by atoms with Crippen LogP contribution in [0.2, 0.25) is 0 Å². The van der Waals surface area contributed by atoms with Crippen molar-refractivity contribution < 1.29 is 9.90 Å². The topological polar surface area (TPSA) is 37.3 Å². The van der Waals surface area contributed by atoms with Gasteiger partial charge in [0.1, 0.15) is 5.78 Å². The average molecular weight is 278 g/mol. The normalized spacial score (nSPS) is 41.3. The molecular formula is C18H30O2. The smallest absolute Gasteiger partial charge is 0.129 e. The molecule has 0 heterocycles. The SMILES string of the molecule is C=C1CCC2C(C)(CO)CCCC2(C)C1CCC(C)=O. The number of carbonyl (C=O) groups is 1. The van der Waals surface area contributed by atoms with Crippen molar-refractivity contribution >= 4 is 5.78 Å². The number of hydrogen-bond acceptors (Lipinski definition) is 2. The Labute approximate surface area is 123 Å². The van der Waals surface area contributed by atoms with Crippen LogP contribution in [0.1, 0.15) is 65.7 Å². The molecule has 4 unspecified atom stereocenters. The highest BCUT2D eigenvalue weighted by Crippen LogP contribution is 2.61. The lowest BCUT2D eigenvalue weighted by molar-refractivity contribution is -0.118. The number of Topliss-reactive ketones (excluding diaryl/α,β-unsaturated/α-hetero) is 1. The zero-order valence-corrected chi connectivity index (χ0v) is 13.4. The summed E-state index contributed by atoms with van der Waals surface area (Å²) in [6.45, 7) is 10.9. The van der Waals surface area contributed by atoms with Crippen molar-refractivity contribution in [1.29, 1.82) is 0 Å². The van der Waals surface area contributed by atoms with Crippen molar-refractivity contribution in [3.05, 3.63) is 12.2 Å². The molecule has 2 fully saturated rings. The van der Waals surface area contributed by atoms with E-state index in [-0.39, 0.29) is 16.6 Å². The average Bonchev–Trinajstić information content (AvgIpc) is 2.37. The lowest BCUT2D eigenvalue weighted by Crippen LogP contribution is -2.51. The molecule has 2 heteroatoms. The molecule has 0 aromatic rings. The van der Waals surface area contributed by atoms with Crippen LogP contribution in [0.15, 0.2) is 12.2 Å². The van der Waals surface area contributed by atoms with Gasteiger partial charge in [-0.2, -0.15) is 0 Å². The summed E-state index contributed by atoms with van der Waals surface area (Å²) in [5.74, 6) is 1.30. The molecule has 2 aliphatic carbocycles. The summed E-state index contributed by atoms with van der Waals surface area (Å²) in [5.41, 5.74) is 1.62. The van der Waals surface area contributed by atoms with E-state index < -0.39 is 0 Å². The number of carbonyl (C=O) groups excluding carboxylic acids is 1. The highest BCUT2D eigenvalue weighted by atomic mass is 16.3. The number of ketones is 1. The number of fused-ring (bicyclic) bond motifs is 1. The van der Waals surface area contributed by atoms with E-state index in [0.717, 1.165) is 25.7 Å². The van der Waals surface area contributed by atoms with Gasteiger partial charge in [0.15, 0.2) is 0 Å². The highest BCUT2D eigenvalue weighted by molar-refractivity contribution is 5.75. The van der Waals surface area contributed by atoms with Crippen LogP contribution in [0.25, 0.3) is 0 Å². The molecule has 0 spiro atoms. The van der Waals surface area contributed by atoms with Crippen LogP contribution in [-0.4, -0.2) is 17.5 Å².